The normalized spacial score (nSPS) is 28.2. The highest BCUT2D eigenvalue weighted by Crippen LogP contribution is 2.46. The summed E-state index contributed by atoms with van der Waals surface area (Å²) in [6, 6.07) is 1.86. The lowest BCUT2D eigenvalue weighted by atomic mass is 10.4. The molecule has 1 heterocycles. The van der Waals surface area contributed by atoms with Crippen LogP contribution in [-0.4, -0.2) is 24.0 Å². The first kappa shape index (κ1) is 11.6. The third-order valence-corrected chi connectivity index (χ3v) is 15.0. The quantitative estimate of drug-likeness (QED) is 0.525. The van der Waals surface area contributed by atoms with Gasteiger partial charge < -0.3 is 0 Å². The predicted molar refractivity (Wildman–Crippen MR) is 61.5 cm³/mol. The van der Waals surface area contributed by atoms with Crippen molar-refractivity contribution in [2.45, 2.75) is 32.0 Å². The molecule has 0 aromatic heterocycles. The van der Waals surface area contributed by atoms with Crippen molar-refractivity contribution in [3.8, 4) is 0 Å². The van der Waals surface area contributed by atoms with Crippen molar-refractivity contribution in [2.75, 3.05) is 0 Å². The summed E-state index contributed by atoms with van der Waals surface area (Å²) in [7, 11) is 0. The van der Waals surface area contributed by atoms with Crippen molar-refractivity contribution >= 4 is 58.0 Å². The number of nitrogens with zero attached hydrogens (tertiary/aromatic N) is 1. The van der Waals surface area contributed by atoms with E-state index in [4.69, 9.17) is 44.3 Å². The van der Waals surface area contributed by atoms with Gasteiger partial charge in [0.1, 0.15) is 0 Å². The van der Waals surface area contributed by atoms with E-state index < -0.39 is 13.7 Å². The molecule has 1 rings (SSSR count). The van der Waals surface area contributed by atoms with Crippen LogP contribution in [0.1, 0.15) is 13.8 Å². The van der Waals surface area contributed by atoms with Crippen molar-refractivity contribution in [1.82, 2.24) is 4.23 Å². The predicted octanol–water partition coefficient (Wildman–Crippen LogP) is 3.54. The van der Waals surface area contributed by atoms with Gasteiger partial charge in [0, 0.05) is 0 Å². The zero-order chi connectivity index (χ0) is 9.57. The molecular formula is C5H11Cl4NSi2. The Hall–Kier alpha value is 1.55. The third kappa shape index (κ3) is 2.13. The van der Waals surface area contributed by atoms with Gasteiger partial charge in [-0.1, -0.05) is 13.8 Å². The molecule has 0 bridgehead atoms. The van der Waals surface area contributed by atoms with E-state index >= 15 is 0 Å². The van der Waals surface area contributed by atoms with E-state index in [2.05, 4.69) is 0 Å². The summed E-state index contributed by atoms with van der Waals surface area (Å²) in [5, 5.41) is 0. The van der Waals surface area contributed by atoms with Crippen molar-refractivity contribution in [2.24, 2.45) is 0 Å². The van der Waals surface area contributed by atoms with E-state index in [1.165, 1.54) is 0 Å². The molecule has 0 unspecified atom stereocenters. The molecule has 7 heteroatoms. The first-order valence-corrected chi connectivity index (χ1v) is 12.2. The minimum Gasteiger partial charge on any atom is -0.295 e. The molecule has 1 nitrogen and oxygen atoms in total. The molecule has 0 radical (unpaired) electrons. The summed E-state index contributed by atoms with van der Waals surface area (Å²) in [6.07, 6.45) is 0. The Labute approximate surface area is 93.9 Å². The van der Waals surface area contributed by atoms with Crippen molar-refractivity contribution < 1.29 is 0 Å². The summed E-state index contributed by atoms with van der Waals surface area (Å²) >= 11 is 24.8. The van der Waals surface area contributed by atoms with Gasteiger partial charge in [-0.25, -0.2) is 0 Å². The van der Waals surface area contributed by atoms with Crippen LogP contribution in [0.25, 0.3) is 0 Å². The van der Waals surface area contributed by atoms with E-state index in [0.29, 0.717) is 0 Å². The fourth-order valence-corrected chi connectivity index (χ4v) is 21.0. The highest BCUT2D eigenvalue weighted by atomic mass is 35.7. The topological polar surface area (TPSA) is 3.24 Å². The van der Waals surface area contributed by atoms with Gasteiger partial charge in [0.15, 0.2) is 0 Å². The Morgan fingerprint density at radius 3 is 1.50 bits per heavy atom. The summed E-state index contributed by atoms with van der Waals surface area (Å²) < 4.78 is 1.99. The number of hydrogen-bond donors (Lipinski definition) is 0. The van der Waals surface area contributed by atoms with Gasteiger partial charge in [-0.05, 0) is 18.1 Å². The largest absolute Gasteiger partial charge is 0.320 e. The Morgan fingerprint density at radius 2 is 1.33 bits per heavy atom. The van der Waals surface area contributed by atoms with Crippen LogP contribution in [0.4, 0.5) is 0 Å². The molecule has 1 fully saturated rings. The Bertz CT molecular complexity index is 168. The van der Waals surface area contributed by atoms with E-state index in [0.717, 1.165) is 12.1 Å². The average Bonchev–Trinajstić information content (AvgIpc) is 2.01. The molecule has 0 aliphatic carbocycles. The van der Waals surface area contributed by atoms with Gasteiger partial charge >= 0.3 is 13.7 Å². The van der Waals surface area contributed by atoms with Crippen LogP contribution in [0, 0.1) is 0 Å². The fraction of sp³-hybridized carbons (Fsp3) is 1.00. The Morgan fingerprint density at radius 1 is 1.00 bits per heavy atom. The lowest BCUT2D eigenvalue weighted by Gasteiger charge is -2.34. The van der Waals surface area contributed by atoms with Crippen LogP contribution in [0.15, 0.2) is 0 Å². The Kier molecular flexibility index (Phi) is 3.50. The average molecular weight is 283 g/mol. The third-order valence-electron chi connectivity index (χ3n) is 1.95. The van der Waals surface area contributed by atoms with Gasteiger partial charge in [0.05, 0.1) is 0 Å². The van der Waals surface area contributed by atoms with E-state index in [1.54, 1.807) is 0 Å². The van der Waals surface area contributed by atoms with E-state index in [-0.39, 0.29) is 6.04 Å². The van der Waals surface area contributed by atoms with Crippen molar-refractivity contribution in [1.29, 1.82) is 0 Å². The molecule has 72 valence electrons. The van der Waals surface area contributed by atoms with Crippen molar-refractivity contribution in [3.63, 3.8) is 0 Å². The van der Waals surface area contributed by atoms with E-state index in [9.17, 15) is 0 Å². The smallest absolute Gasteiger partial charge is 0.295 e. The monoisotopic (exact) mass is 281 g/mol. The lowest BCUT2D eigenvalue weighted by molar-refractivity contribution is 0.543. The second kappa shape index (κ2) is 3.61. The SMILES string of the molecule is CC(C)N1[Si](Cl)(Cl)CC[Si]1(Cl)Cl. The molecule has 1 saturated heterocycles. The molecule has 0 saturated carbocycles. The van der Waals surface area contributed by atoms with E-state index in [1.807, 2.05) is 18.1 Å². The van der Waals surface area contributed by atoms with Crippen LogP contribution in [-0.2, 0) is 0 Å². The molecule has 1 aliphatic heterocycles. The summed E-state index contributed by atoms with van der Waals surface area (Å²) in [5.41, 5.74) is 0. The van der Waals surface area contributed by atoms with Gasteiger partial charge in [0.25, 0.3) is 0 Å². The molecule has 0 spiro atoms. The van der Waals surface area contributed by atoms with Crippen LogP contribution in [0.2, 0.25) is 12.1 Å². The zero-order valence-corrected chi connectivity index (χ0v) is 12.0. The fourth-order valence-electron chi connectivity index (χ4n) is 1.54. The molecule has 0 amide bonds. The maximum absolute atomic E-state index is 6.21. The minimum atomic E-state index is -2.29. The van der Waals surface area contributed by atoms with Crippen LogP contribution >= 0.6 is 44.3 Å². The number of halogens is 4. The Balaban J connectivity index is 2.89. The highest BCUT2D eigenvalue weighted by Gasteiger charge is 2.57. The maximum atomic E-state index is 6.21. The molecule has 12 heavy (non-hydrogen) atoms. The standard InChI is InChI=1S/C5H11Cl4NSi2/c1-5(2)10-11(6,7)3-4-12(10,8)9/h5H,3-4H2,1-2H3. The van der Waals surface area contributed by atoms with Gasteiger partial charge in [-0.3, -0.25) is 4.23 Å². The minimum absolute atomic E-state index is 0.260. The first-order valence-electron chi connectivity index (χ1n) is 3.82. The summed E-state index contributed by atoms with van der Waals surface area (Å²) in [4.78, 5) is 0. The maximum Gasteiger partial charge on any atom is 0.320 e. The van der Waals surface area contributed by atoms with Crippen molar-refractivity contribution in [3.05, 3.63) is 0 Å². The van der Waals surface area contributed by atoms with Crippen LogP contribution in [0.3, 0.4) is 0 Å². The second-order valence-corrected chi connectivity index (χ2v) is 17.0. The van der Waals surface area contributed by atoms with Crippen LogP contribution < -0.4 is 0 Å². The molecule has 0 aromatic carbocycles. The van der Waals surface area contributed by atoms with Gasteiger partial charge in [0.2, 0.25) is 0 Å². The lowest BCUT2D eigenvalue weighted by Crippen LogP contribution is -2.53. The van der Waals surface area contributed by atoms with Gasteiger partial charge in [-0.2, -0.15) is 0 Å². The second-order valence-electron chi connectivity index (χ2n) is 3.30. The molecule has 0 N–H and O–H groups in total. The summed E-state index contributed by atoms with van der Waals surface area (Å²) in [5.74, 6) is 0. The summed E-state index contributed by atoms with van der Waals surface area (Å²) in [6.45, 7) is -0.521. The molecular weight excluding hydrogens is 272 g/mol. The molecule has 1 aliphatic rings. The molecule has 0 atom stereocenters. The molecule has 0 aromatic rings. The number of rotatable bonds is 1. The first-order chi connectivity index (χ1) is 5.27. The van der Waals surface area contributed by atoms with Gasteiger partial charge in [-0.15, -0.1) is 44.3 Å². The van der Waals surface area contributed by atoms with Crippen LogP contribution in [0.5, 0.6) is 0 Å². The number of hydrogen-bond acceptors (Lipinski definition) is 1. The highest BCUT2D eigenvalue weighted by molar-refractivity contribution is 7.56. The zero-order valence-electron chi connectivity index (χ0n) is 6.95.